The molecule has 25 heavy (non-hydrogen) atoms. The van der Waals surface area contributed by atoms with Crippen LogP contribution in [0.3, 0.4) is 0 Å². The second-order valence-corrected chi connectivity index (χ2v) is 6.51. The highest BCUT2D eigenvalue weighted by Gasteiger charge is 2.32. The molecular weight excluding hydrogens is 324 g/mol. The molecule has 1 amide bonds. The zero-order chi connectivity index (χ0) is 17.9. The lowest BCUT2D eigenvalue weighted by molar-refractivity contribution is -0.154. The summed E-state index contributed by atoms with van der Waals surface area (Å²) in [7, 11) is 0. The molecule has 1 N–H and O–H groups in total. The Bertz CT molecular complexity index is 814. The van der Waals surface area contributed by atoms with Crippen molar-refractivity contribution in [1.29, 1.82) is 0 Å². The van der Waals surface area contributed by atoms with Crippen LogP contribution in [0.5, 0.6) is 0 Å². The summed E-state index contributed by atoms with van der Waals surface area (Å²) in [5.74, 6) is -0.686. The van der Waals surface area contributed by atoms with Gasteiger partial charge in [0.05, 0.1) is 18.6 Å². The number of hydrogen-bond acceptors (Lipinski definition) is 6. The van der Waals surface area contributed by atoms with Gasteiger partial charge in [-0.2, -0.15) is 0 Å². The molecular formula is C17H22N4O4. The van der Waals surface area contributed by atoms with Crippen molar-refractivity contribution in [2.45, 2.75) is 32.6 Å². The van der Waals surface area contributed by atoms with Gasteiger partial charge in [0.15, 0.2) is 5.79 Å². The number of aromatic nitrogens is 3. The molecule has 134 valence electrons. The minimum atomic E-state index is -0.578. The molecule has 1 aromatic carbocycles. The first-order chi connectivity index (χ1) is 12.0. The Morgan fingerprint density at radius 2 is 2.08 bits per heavy atom. The molecule has 1 aromatic heterocycles. The highest BCUT2D eigenvalue weighted by Crippen LogP contribution is 2.26. The molecule has 0 radical (unpaired) electrons. The Morgan fingerprint density at radius 1 is 1.36 bits per heavy atom. The number of carbonyl (C=O) groups excluding carboxylic acids is 1. The monoisotopic (exact) mass is 346 g/mol. The van der Waals surface area contributed by atoms with Crippen LogP contribution in [0.4, 0.5) is 0 Å². The van der Waals surface area contributed by atoms with Crippen LogP contribution in [0.15, 0.2) is 29.1 Å². The van der Waals surface area contributed by atoms with Crippen molar-refractivity contribution < 1.29 is 14.3 Å². The third-order valence-electron chi connectivity index (χ3n) is 4.19. The van der Waals surface area contributed by atoms with Crippen LogP contribution in [0, 0.1) is 5.92 Å². The Morgan fingerprint density at radius 3 is 2.84 bits per heavy atom. The Hall–Kier alpha value is -2.32. The lowest BCUT2D eigenvalue weighted by Gasteiger charge is -2.26. The van der Waals surface area contributed by atoms with Crippen LogP contribution >= 0.6 is 0 Å². The highest BCUT2D eigenvalue weighted by molar-refractivity contribution is 5.78. The lowest BCUT2D eigenvalue weighted by atomic mass is 10.0. The van der Waals surface area contributed by atoms with E-state index in [1.807, 2.05) is 13.8 Å². The summed E-state index contributed by atoms with van der Waals surface area (Å²) in [5, 5.41) is 11.1. The maximum Gasteiger partial charge on any atom is 0.278 e. The number of carbonyl (C=O) groups is 1. The van der Waals surface area contributed by atoms with Crippen molar-refractivity contribution in [2.24, 2.45) is 5.92 Å². The Kier molecular flexibility index (Phi) is 5.10. The summed E-state index contributed by atoms with van der Waals surface area (Å²) in [6, 6.07) is 6.92. The maximum atomic E-state index is 12.3. The molecule has 0 unspecified atom stereocenters. The van der Waals surface area contributed by atoms with E-state index in [0.717, 1.165) is 4.68 Å². The fourth-order valence-corrected chi connectivity index (χ4v) is 2.99. The SMILES string of the molecule is C[C@H](CNC(=O)Cn1nnc2ccccc2c1=O)CC1(C)OCCO1. The van der Waals surface area contributed by atoms with Crippen molar-refractivity contribution in [3.63, 3.8) is 0 Å². The van der Waals surface area contributed by atoms with E-state index in [2.05, 4.69) is 15.6 Å². The van der Waals surface area contributed by atoms with Crippen LogP contribution < -0.4 is 10.9 Å². The van der Waals surface area contributed by atoms with Gasteiger partial charge in [0.1, 0.15) is 12.1 Å². The van der Waals surface area contributed by atoms with Gasteiger partial charge < -0.3 is 14.8 Å². The zero-order valence-corrected chi connectivity index (χ0v) is 14.4. The summed E-state index contributed by atoms with van der Waals surface area (Å²) < 4.78 is 12.2. The Balaban J connectivity index is 1.56. The summed E-state index contributed by atoms with van der Waals surface area (Å²) in [4.78, 5) is 24.4. The molecule has 2 aromatic rings. The second-order valence-electron chi connectivity index (χ2n) is 6.51. The van der Waals surface area contributed by atoms with Crippen LogP contribution in [0.1, 0.15) is 20.3 Å². The molecule has 8 nitrogen and oxygen atoms in total. The molecule has 0 aliphatic carbocycles. The van der Waals surface area contributed by atoms with E-state index < -0.39 is 5.79 Å². The Labute approximate surface area is 145 Å². The molecule has 0 bridgehead atoms. The molecule has 3 rings (SSSR count). The van der Waals surface area contributed by atoms with Gasteiger partial charge in [-0.1, -0.05) is 24.3 Å². The van der Waals surface area contributed by atoms with Crippen LogP contribution in [-0.2, 0) is 20.8 Å². The average Bonchev–Trinajstić information content (AvgIpc) is 3.02. The van der Waals surface area contributed by atoms with E-state index >= 15 is 0 Å². The number of hydrogen-bond donors (Lipinski definition) is 1. The number of ether oxygens (including phenoxy) is 2. The summed E-state index contributed by atoms with van der Waals surface area (Å²) >= 11 is 0. The van der Waals surface area contributed by atoms with Crippen molar-refractivity contribution >= 4 is 16.8 Å². The van der Waals surface area contributed by atoms with Crippen LogP contribution in [0.2, 0.25) is 0 Å². The first kappa shape index (κ1) is 17.5. The summed E-state index contributed by atoms with van der Waals surface area (Å²) in [6.07, 6.45) is 0.684. The van der Waals surface area contributed by atoms with Crippen molar-refractivity contribution in [2.75, 3.05) is 19.8 Å². The minimum absolute atomic E-state index is 0.159. The van der Waals surface area contributed by atoms with Gasteiger partial charge in [0.25, 0.3) is 5.56 Å². The molecule has 2 heterocycles. The number of nitrogens with zero attached hydrogens (tertiary/aromatic N) is 3. The highest BCUT2D eigenvalue weighted by atomic mass is 16.7. The fraction of sp³-hybridized carbons (Fsp3) is 0.529. The van der Waals surface area contributed by atoms with Gasteiger partial charge in [-0.25, -0.2) is 4.68 Å². The third kappa shape index (κ3) is 4.21. The number of benzene rings is 1. The van der Waals surface area contributed by atoms with E-state index in [9.17, 15) is 9.59 Å². The molecule has 1 aliphatic rings. The largest absolute Gasteiger partial charge is 0.354 e. The molecule has 0 spiro atoms. The first-order valence-electron chi connectivity index (χ1n) is 8.34. The van der Waals surface area contributed by atoms with Crippen molar-refractivity contribution in [3.05, 3.63) is 34.6 Å². The molecule has 1 aliphatic heterocycles. The molecule has 1 fully saturated rings. The predicted octanol–water partition coefficient (Wildman–Crippen LogP) is 0.697. The van der Waals surface area contributed by atoms with Crippen LogP contribution in [-0.4, -0.2) is 46.4 Å². The van der Waals surface area contributed by atoms with Crippen molar-refractivity contribution in [3.8, 4) is 0 Å². The molecule has 1 saturated heterocycles. The van der Waals surface area contributed by atoms with Gasteiger partial charge >= 0.3 is 0 Å². The number of nitrogens with one attached hydrogen (secondary N) is 1. The van der Waals surface area contributed by atoms with E-state index in [0.29, 0.717) is 37.1 Å². The number of amides is 1. The summed E-state index contributed by atoms with van der Waals surface area (Å²) in [5.41, 5.74) is 0.191. The number of rotatable bonds is 6. The maximum absolute atomic E-state index is 12.3. The molecule has 0 saturated carbocycles. The standard InChI is InChI=1S/C17H22N4O4/c1-12(9-17(2)24-7-8-25-17)10-18-15(22)11-21-16(23)13-5-3-4-6-14(13)19-20-21/h3-6,12H,7-11H2,1-2H3,(H,18,22)/t12-/m0/s1. The predicted molar refractivity (Wildman–Crippen MR) is 90.9 cm³/mol. The fourth-order valence-electron chi connectivity index (χ4n) is 2.99. The molecule has 8 heteroatoms. The van der Waals surface area contributed by atoms with Crippen molar-refractivity contribution in [1.82, 2.24) is 20.3 Å². The van der Waals surface area contributed by atoms with Gasteiger partial charge in [-0.05, 0) is 25.0 Å². The van der Waals surface area contributed by atoms with Gasteiger partial charge in [-0.3, -0.25) is 9.59 Å². The minimum Gasteiger partial charge on any atom is -0.354 e. The average molecular weight is 346 g/mol. The zero-order valence-electron chi connectivity index (χ0n) is 14.4. The first-order valence-corrected chi connectivity index (χ1v) is 8.34. The van der Waals surface area contributed by atoms with Gasteiger partial charge in [-0.15, -0.1) is 5.10 Å². The van der Waals surface area contributed by atoms with E-state index in [-0.39, 0.29) is 23.9 Å². The third-order valence-corrected chi connectivity index (χ3v) is 4.19. The quantitative estimate of drug-likeness (QED) is 0.827. The molecule has 1 atom stereocenters. The van der Waals surface area contributed by atoms with E-state index in [1.165, 1.54) is 0 Å². The van der Waals surface area contributed by atoms with Crippen LogP contribution in [0.25, 0.3) is 10.9 Å². The second kappa shape index (κ2) is 7.28. The summed E-state index contributed by atoms with van der Waals surface area (Å²) in [6.45, 7) is 5.42. The van der Waals surface area contributed by atoms with Gasteiger partial charge in [0, 0.05) is 13.0 Å². The number of fused-ring (bicyclic) bond motifs is 1. The van der Waals surface area contributed by atoms with Gasteiger partial charge in [0.2, 0.25) is 5.91 Å². The normalized spacial score (nSPS) is 17.5. The topological polar surface area (TPSA) is 95.3 Å². The van der Waals surface area contributed by atoms with E-state index in [1.54, 1.807) is 24.3 Å². The van der Waals surface area contributed by atoms with E-state index in [4.69, 9.17) is 9.47 Å². The lowest BCUT2D eigenvalue weighted by Crippen LogP contribution is -2.38. The smallest absolute Gasteiger partial charge is 0.278 e.